The lowest BCUT2D eigenvalue weighted by Gasteiger charge is -2.60. The molecule has 0 spiro atoms. The number of ether oxygens (including phenoxy) is 4. The van der Waals surface area contributed by atoms with Crippen molar-refractivity contribution in [3.8, 4) is 0 Å². The molecule has 0 saturated heterocycles. The van der Waals surface area contributed by atoms with Crippen LogP contribution in [0.25, 0.3) is 0 Å². The molecule has 0 bridgehead atoms. The van der Waals surface area contributed by atoms with Crippen LogP contribution in [0.3, 0.4) is 0 Å². The summed E-state index contributed by atoms with van der Waals surface area (Å²) in [6.45, 7) is 10.1. The van der Waals surface area contributed by atoms with E-state index in [-0.39, 0.29) is 82.7 Å². The number of nitrogens with one attached hydrogen (secondary N) is 4. The number of hydrogen-bond acceptors (Lipinski definition) is 9. The molecule has 4 saturated carbocycles. The van der Waals surface area contributed by atoms with Gasteiger partial charge >= 0.3 is 5.97 Å². The molecule has 14 nitrogen and oxygen atoms in total. The fraction of sp³-hybridized carbons (Fsp3) is 0.898. The van der Waals surface area contributed by atoms with Gasteiger partial charge in [-0.3, -0.25) is 19.2 Å². The van der Waals surface area contributed by atoms with E-state index in [0.29, 0.717) is 49.5 Å². The van der Waals surface area contributed by atoms with Crippen molar-refractivity contribution in [3.63, 3.8) is 0 Å². The Labute approximate surface area is 378 Å². The van der Waals surface area contributed by atoms with Crippen LogP contribution >= 0.6 is 0 Å². The van der Waals surface area contributed by atoms with E-state index in [9.17, 15) is 29.1 Å². The zero-order valence-electron chi connectivity index (χ0n) is 39.4. The molecule has 14 heteroatoms. The highest BCUT2D eigenvalue weighted by Gasteiger charge is 2.59. The summed E-state index contributed by atoms with van der Waals surface area (Å²) in [5, 5.41) is 20.7. The third-order valence-corrected chi connectivity index (χ3v) is 15.5. The first kappa shape index (κ1) is 52.8. The van der Waals surface area contributed by atoms with Crippen LogP contribution in [0.5, 0.6) is 0 Å². The molecule has 4 amide bonds. The summed E-state index contributed by atoms with van der Waals surface area (Å²) in [6, 6.07) is -1.11. The molecule has 4 fully saturated rings. The lowest BCUT2D eigenvalue weighted by atomic mass is 9.45. The van der Waals surface area contributed by atoms with Crippen molar-refractivity contribution in [2.45, 2.75) is 168 Å². The lowest BCUT2D eigenvalue weighted by molar-refractivity contribution is -0.142. The Bertz CT molecular complexity index is 1390. The monoisotopic (exact) mass is 891 g/mol. The minimum atomic E-state index is -1.14. The summed E-state index contributed by atoms with van der Waals surface area (Å²) in [6.07, 6.45) is 24.2. The third-order valence-electron chi connectivity index (χ3n) is 15.5. The molecule has 0 radical (unpaired) electrons. The van der Waals surface area contributed by atoms with Crippen LogP contribution < -0.4 is 21.3 Å². The summed E-state index contributed by atoms with van der Waals surface area (Å²) >= 11 is 0. The van der Waals surface area contributed by atoms with E-state index < -0.39 is 12.0 Å². The Balaban J connectivity index is 0.931. The first-order chi connectivity index (χ1) is 30.5. The molecular formula is C49H86N4O10. The highest BCUT2D eigenvalue weighted by atomic mass is 16.5. The van der Waals surface area contributed by atoms with Gasteiger partial charge in [-0.2, -0.15) is 0 Å². The average molecular weight is 891 g/mol. The first-order valence-electron chi connectivity index (χ1n) is 25.1. The minimum Gasteiger partial charge on any atom is -0.480 e. The number of rotatable bonds is 33. The second-order valence-electron chi connectivity index (χ2n) is 19.6. The van der Waals surface area contributed by atoms with Gasteiger partial charge < -0.3 is 45.3 Å². The Morgan fingerprint density at radius 3 is 1.89 bits per heavy atom. The van der Waals surface area contributed by atoms with Gasteiger partial charge in [-0.25, -0.2) is 4.79 Å². The molecule has 5 N–H and O–H groups in total. The van der Waals surface area contributed by atoms with Gasteiger partial charge in [0.15, 0.2) is 0 Å². The summed E-state index contributed by atoms with van der Waals surface area (Å²) < 4.78 is 21.6. The highest BCUT2D eigenvalue weighted by molar-refractivity contribution is 5.84. The van der Waals surface area contributed by atoms with E-state index in [4.69, 9.17) is 18.9 Å². The van der Waals surface area contributed by atoms with Crippen molar-refractivity contribution < 1.29 is 48.0 Å². The van der Waals surface area contributed by atoms with Crippen molar-refractivity contribution in [2.24, 2.45) is 40.4 Å². The van der Waals surface area contributed by atoms with Crippen LogP contribution in [-0.2, 0) is 42.9 Å². The number of carbonyl (C=O) groups is 5. The molecule has 4 rings (SSSR count). The number of hydrogen-bond donors (Lipinski definition) is 5. The van der Waals surface area contributed by atoms with Gasteiger partial charge in [0.2, 0.25) is 23.6 Å². The topological polar surface area (TPSA) is 191 Å². The normalized spacial score (nSPS) is 26.7. The number of fused-ring (bicyclic) bond motifs is 5. The Hall–Kier alpha value is -2.81. The molecule has 0 aromatic carbocycles. The van der Waals surface area contributed by atoms with Gasteiger partial charge in [0.1, 0.15) is 19.3 Å². The number of carboxylic acid groups (broad SMARTS) is 1. The number of carbonyl (C=O) groups excluding carboxylic acids is 4. The molecule has 8 atom stereocenters. The van der Waals surface area contributed by atoms with E-state index in [1.165, 1.54) is 96.3 Å². The average Bonchev–Trinajstić information content (AvgIpc) is 3.60. The number of unbranched alkanes of at least 4 members (excludes halogenated alkanes) is 6. The predicted molar refractivity (Wildman–Crippen MR) is 243 cm³/mol. The van der Waals surface area contributed by atoms with E-state index in [1.807, 2.05) is 0 Å². The Morgan fingerprint density at radius 1 is 0.587 bits per heavy atom. The van der Waals surface area contributed by atoms with E-state index in [1.54, 1.807) is 0 Å². The summed E-state index contributed by atoms with van der Waals surface area (Å²) in [5.41, 5.74) is 0.897. The van der Waals surface area contributed by atoms with Crippen LogP contribution in [0.2, 0.25) is 0 Å². The largest absolute Gasteiger partial charge is 0.480 e. The van der Waals surface area contributed by atoms with Crippen molar-refractivity contribution in [1.29, 1.82) is 0 Å². The molecule has 63 heavy (non-hydrogen) atoms. The quantitative estimate of drug-likeness (QED) is 0.0443. The van der Waals surface area contributed by atoms with Crippen LogP contribution in [0.15, 0.2) is 0 Å². The second-order valence-corrected chi connectivity index (χ2v) is 19.6. The smallest absolute Gasteiger partial charge is 0.326 e. The third kappa shape index (κ3) is 17.8. The molecule has 362 valence electrons. The van der Waals surface area contributed by atoms with Crippen molar-refractivity contribution in [1.82, 2.24) is 21.3 Å². The van der Waals surface area contributed by atoms with Crippen molar-refractivity contribution in [2.75, 3.05) is 72.5 Å². The van der Waals surface area contributed by atoms with Crippen molar-refractivity contribution >= 4 is 29.6 Å². The Morgan fingerprint density at radius 2 is 1.21 bits per heavy atom. The maximum atomic E-state index is 12.9. The Kier molecular flexibility index (Phi) is 24.3. The maximum absolute atomic E-state index is 12.9. The summed E-state index contributed by atoms with van der Waals surface area (Å²) in [7, 11) is 0. The van der Waals surface area contributed by atoms with Crippen LogP contribution in [0, 0.1) is 40.4 Å². The van der Waals surface area contributed by atoms with E-state index in [2.05, 4.69) is 42.0 Å². The number of aliphatic carboxylic acids is 1. The molecule has 4 aliphatic carbocycles. The maximum Gasteiger partial charge on any atom is 0.326 e. The molecule has 0 aromatic heterocycles. The lowest BCUT2D eigenvalue weighted by Crippen LogP contribution is -2.52. The summed E-state index contributed by atoms with van der Waals surface area (Å²) in [4.78, 5) is 61.0. The fourth-order valence-corrected chi connectivity index (χ4v) is 12.0. The zero-order valence-corrected chi connectivity index (χ0v) is 39.4. The SMILES string of the molecule is CCCCCCCCCNC(=O)COCCOCCNC(=O)COCCOCCNC(=O)CCC(NC(=O)CCCC1CCC2C3CCC4CCCCC4(C)C3CCC12C)C(=O)O. The molecule has 0 aromatic rings. The highest BCUT2D eigenvalue weighted by Crippen LogP contribution is 2.67. The first-order valence-corrected chi connectivity index (χ1v) is 25.1. The minimum absolute atomic E-state index is 0.00366. The van der Waals surface area contributed by atoms with Crippen LogP contribution in [0.4, 0.5) is 0 Å². The number of carboxylic acids is 1. The molecule has 0 heterocycles. The fourth-order valence-electron chi connectivity index (χ4n) is 12.0. The van der Waals surface area contributed by atoms with Crippen LogP contribution in [0.1, 0.15) is 162 Å². The van der Waals surface area contributed by atoms with Crippen LogP contribution in [-0.4, -0.2) is 113 Å². The van der Waals surface area contributed by atoms with E-state index in [0.717, 1.165) is 49.4 Å². The molecule has 0 aliphatic heterocycles. The summed E-state index contributed by atoms with van der Waals surface area (Å²) in [5.74, 6) is 1.98. The van der Waals surface area contributed by atoms with Gasteiger partial charge in [0, 0.05) is 32.5 Å². The van der Waals surface area contributed by atoms with Gasteiger partial charge in [0.25, 0.3) is 0 Å². The van der Waals surface area contributed by atoms with E-state index >= 15 is 0 Å². The second kappa shape index (κ2) is 29.0. The van der Waals surface area contributed by atoms with Gasteiger partial charge in [-0.15, -0.1) is 0 Å². The number of amides is 4. The standard InChI is InChI=1S/C49H86N4O10/c1-4-5-6-7-8-9-12-26-50-45(56)35-62-33-32-61-30-28-52-46(57)36-63-34-31-60-29-27-51-43(54)22-21-42(47(58)59)53-44(55)16-13-15-38-18-20-40-39-19-17-37-14-10-11-24-48(37,2)41(39)23-25-49(38,40)3/h37-42H,4-36H2,1-3H3,(H,50,56)(H,51,54)(H,52,57)(H,53,55)(H,58,59). The van der Waals surface area contributed by atoms with Gasteiger partial charge in [0.05, 0.1) is 39.6 Å². The van der Waals surface area contributed by atoms with Gasteiger partial charge in [-0.05, 0) is 117 Å². The predicted octanol–water partition coefficient (Wildman–Crippen LogP) is 6.72. The zero-order chi connectivity index (χ0) is 45.3. The van der Waals surface area contributed by atoms with Gasteiger partial charge in [-0.1, -0.05) is 72.1 Å². The molecule has 4 aliphatic rings. The molecular weight excluding hydrogens is 805 g/mol. The van der Waals surface area contributed by atoms with Crippen molar-refractivity contribution in [3.05, 3.63) is 0 Å². The molecule has 8 unspecified atom stereocenters.